The molecule has 0 radical (unpaired) electrons. The molecular formula is C13H24N2OS2. The van der Waals surface area contributed by atoms with Crippen LogP contribution in [0.1, 0.15) is 32.1 Å². The first kappa shape index (κ1) is 14.5. The van der Waals surface area contributed by atoms with Gasteiger partial charge in [0.05, 0.1) is 6.04 Å². The molecule has 2 fully saturated rings. The van der Waals surface area contributed by atoms with E-state index in [2.05, 4.69) is 22.9 Å². The maximum Gasteiger partial charge on any atom is 0.239 e. The lowest BCUT2D eigenvalue weighted by atomic mass is 9.92. The van der Waals surface area contributed by atoms with Crippen molar-refractivity contribution in [3.8, 4) is 0 Å². The van der Waals surface area contributed by atoms with Gasteiger partial charge in [0, 0.05) is 23.6 Å². The summed E-state index contributed by atoms with van der Waals surface area (Å²) < 4.78 is 0. The van der Waals surface area contributed by atoms with Crippen LogP contribution in [0, 0.1) is 0 Å². The average Bonchev–Trinajstić information content (AvgIpc) is 2.43. The minimum Gasteiger partial charge on any atom is -0.336 e. The SMILES string of the molecule is CSCC[C@H](N)C(=O)N1CCSC2CCCCC21. The van der Waals surface area contributed by atoms with Crippen molar-refractivity contribution in [3.63, 3.8) is 0 Å². The third-order valence-corrected chi connectivity index (χ3v) is 6.01. The molecule has 1 aliphatic heterocycles. The maximum absolute atomic E-state index is 12.4. The van der Waals surface area contributed by atoms with Crippen LogP contribution in [0.15, 0.2) is 0 Å². The summed E-state index contributed by atoms with van der Waals surface area (Å²) in [6, 6.07) is 0.174. The number of carbonyl (C=O) groups is 1. The van der Waals surface area contributed by atoms with Gasteiger partial charge in [-0.2, -0.15) is 23.5 Å². The van der Waals surface area contributed by atoms with Gasteiger partial charge in [0.15, 0.2) is 0 Å². The molecule has 1 saturated heterocycles. The summed E-state index contributed by atoms with van der Waals surface area (Å²) in [5.41, 5.74) is 6.04. The Morgan fingerprint density at radius 1 is 1.50 bits per heavy atom. The number of fused-ring (bicyclic) bond motifs is 1. The van der Waals surface area contributed by atoms with Crippen molar-refractivity contribution in [1.29, 1.82) is 0 Å². The first-order valence-corrected chi connectivity index (χ1v) is 9.35. The van der Waals surface area contributed by atoms with Crippen LogP contribution in [0.2, 0.25) is 0 Å². The lowest BCUT2D eigenvalue weighted by molar-refractivity contribution is -0.135. The van der Waals surface area contributed by atoms with Crippen LogP contribution < -0.4 is 5.73 Å². The zero-order chi connectivity index (χ0) is 13.0. The van der Waals surface area contributed by atoms with Crippen molar-refractivity contribution in [2.45, 2.75) is 49.4 Å². The number of hydrogen-bond acceptors (Lipinski definition) is 4. The van der Waals surface area contributed by atoms with Gasteiger partial charge in [-0.15, -0.1) is 0 Å². The molecule has 3 nitrogen and oxygen atoms in total. The lowest BCUT2D eigenvalue weighted by Gasteiger charge is -2.44. The first-order chi connectivity index (χ1) is 8.74. The Labute approximate surface area is 119 Å². The molecule has 1 amide bonds. The highest BCUT2D eigenvalue weighted by Crippen LogP contribution is 2.35. The number of rotatable bonds is 4. The third kappa shape index (κ3) is 3.36. The number of carbonyl (C=O) groups excluding carboxylic acids is 1. The van der Waals surface area contributed by atoms with Crippen LogP contribution in [0.5, 0.6) is 0 Å². The molecule has 0 aromatic heterocycles. The molecule has 5 heteroatoms. The molecule has 1 aliphatic carbocycles. The minimum absolute atomic E-state index is 0.196. The average molecular weight is 288 g/mol. The Morgan fingerprint density at radius 3 is 3.06 bits per heavy atom. The second kappa shape index (κ2) is 7.06. The predicted octanol–water partition coefficient (Wildman–Crippen LogP) is 1.95. The number of nitrogens with zero attached hydrogens (tertiary/aromatic N) is 1. The highest BCUT2D eigenvalue weighted by molar-refractivity contribution is 8.00. The molecular weight excluding hydrogens is 264 g/mol. The van der Waals surface area contributed by atoms with Crippen LogP contribution >= 0.6 is 23.5 Å². The van der Waals surface area contributed by atoms with E-state index in [9.17, 15) is 4.79 Å². The number of amides is 1. The van der Waals surface area contributed by atoms with E-state index in [1.54, 1.807) is 11.8 Å². The molecule has 0 bridgehead atoms. The molecule has 0 aromatic carbocycles. The summed E-state index contributed by atoms with van der Waals surface area (Å²) in [5, 5.41) is 0.671. The van der Waals surface area contributed by atoms with Gasteiger partial charge in [-0.1, -0.05) is 12.8 Å². The normalized spacial score (nSPS) is 29.8. The van der Waals surface area contributed by atoms with Crippen LogP contribution in [-0.2, 0) is 4.79 Å². The summed E-state index contributed by atoms with van der Waals surface area (Å²) in [6.45, 7) is 0.900. The summed E-state index contributed by atoms with van der Waals surface area (Å²) in [5.74, 6) is 2.26. The number of hydrogen-bond donors (Lipinski definition) is 1. The van der Waals surface area contributed by atoms with Gasteiger partial charge < -0.3 is 10.6 Å². The van der Waals surface area contributed by atoms with Gasteiger partial charge in [0.25, 0.3) is 0 Å². The molecule has 1 heterocycles. The van der Waals surface area contributed by atoms with Crippen molar-refractivity contribution in [2.75, 3.05) is 24.3 Å². The standard InChI is InChI=1S/C13H24N2OS2/c1-17-8-6-10(14)13(16)15-7-9-18-12-5-3-2-4-11(12)15/h10-12H,2-9,14H2,1H3/t10-,11?,12?/m0/s1. The van der Waals surface area contributed by atoms with Gasteiger partial charge in [-0.3, -0.25) is 4.79 Å². The molecule has 18 heavy (non-hydrogen) atoms. The highest BCUT2D eigenvalue weighted by Gasteiger charge is 2.37. The van der Waals surface area contributed by atoms with E-state index in [4.69, 9.17) is 5.73 Å². The molecule has 104 valence electrons. The summed E-state index contributed by atoms with van der Waals surface area (Å²) >= 11 is 3.82. The molecule has 0 aromatic rings. The van der Waals surface area contributed by atoms with Crippen molar-refractivity contribution >= 4 is 29.4 Å². The zero-order valence-electron chi connectivity index (χ0n) is 11.1. The van der Waals surface area contributed by atoms with Crippen molar-refractivity contribution in [3.05, 3.63) is 0 Å². The van der Waals surface area contributed by atoms with Crippen molar-refractivity contribution < 1.29 is 4.79 Å². The highest BCUT2D eigenvalue weighted by atomic mass is 32.2. The van der Waals surface area contributed by atoms with Gasteiger partial charge in [-0.25, -0.2) is 0 Å². The summed E-state index contributed by atoms with van der Waals surface area (Å²) in [4.78, 5) is 14.5. The second-order valence-electron chi connectivity index (χ2n) is 5.18. The van der Waals surface area contributed by atoms with E-state index in [-0.39, 0.29) is 11.9 Å². The molecule has 2 unspecified atom stereocenters. The molecule has 3 atom stereocenters. The Bertz CT molecular complexity index is 286. The fourth-order valence-electron chi connectivity index (χ4n) is 2.95. The van der Waals surface area contributed by atoms with Crippen molar-refractivity contribution in [2.24, 2.45) is 5.73 Å². The zero-order valence-corrected chi connectivity index (χ0v) is 12.8. The third-order valence-electron chi connectivity index (χ3n) is 3.97. The quantitative estimate of drug-likeness (QED) is 0.859. The van der Waals surface area contributed by atoms with Crippen molar-refractivity contribution in [1.82, 2.24) is 4.90 Å². The van der Waals surface area contributed by atoms with Crippen LogP contribution in [0.25, 0.3) is 0 Å². The van der Waals surface area contributed by atoms with Gasteiger partial charge in [-0.05, 0) is 31.3 Å². The Morgan fingerprint density at radius 2 is 2.28 bits per heavy atom. The molecule has 1 saturated carbocycles. The fraction of sp³-hybridized carbons (Fsp3) is 0.923. The fourth-order valence-corrected chi connectivity index (χ4v) is 4.88. The van der Waals surface area contributed by atoms with E-state index >= 15 is 0 Å². The molecule has 2 rings (SSSR count). The number of thioether (sulfide) groups is 2. The van der Waals surface area contributed by atoms with Crippen LogP contribution in [0.4, 0.5) is 0 Å². The number of nitrogens with two attached hydrogens (primary N) is 1. The molecule has 2 N–H and O–H groups in total. The van der Waals surface area contributed by atoms with Gasteiger partial charge >= 0.3 is 0 Å². The largest absolute Gasteiger partial charge is 0.336 e. The predicted molar refractivity (Wildman–Crippen MR) is 81.2 cm³/mol. The molecule has 2 aliphatic rings. The minimum atomic E-state index is -0.289. The van der Waals surface area contributed by atoms with E-state index in [0.29, 0.717) is 11.3 Å². The topological polar surface area (TPSA) is 46.3 Å². The van der Waals surface area contributed by atoms with Crippen LogP contribution in [0.3, 0.4) is 0 Å². The van der Waals surface area contributed by atoms with Gasteiger partial charge in [0.2, 0.25) is 5.91 Å². The lowest BCUT2D eigenvalue weighted by Crippen LogP contribution is -2.56. The van der Waals surface area contributed by atoms with E-state index < -0.39 is 0 Å². The van der Waals surface area contributed by atoms with Gasteiger partial charge in [0.1, 0.15) is 0 Å². The second-order valence-corrected chi connectivity index (χ2v) is 7.51. The van der Waals surface area contributed by atoms with Crippen LogP contribution in [-0.4, -0.2) is 52.4 Å². The summed E-state index contributed by atoms with van der Waals surface area (Å²) in [7, 11) is 0. The molecule has 0 spiro atoms. The summed E-state index contributed by atoms with van der Waals surface area (Å²) in [6.07, 6.45) is 7.92. The maximum atomic E-state index is 12.4. The van der Waals surface area contributed by atoms with E-state index in [1.807, 2.05) is 0 Å². The monoisotopic (exact) mass is 288 g/mol. The van der Waals surface area contributed by atoms with E-state index in [0.717, 1.165) is 24.5 Å². The van der Waals surface area contributed by atoms with E-state index in [1.165, 1.54) is 25.7 Å². The first-order valence-electron chi connectivity index (χ1n) is 6.90. The smallest absolute Gasteiger partial charge is 0.239 e. The Balaban J connectivity index is 1.95. The Kier molecular flexibility index (Phi) is 5.70. The Hall–Kier alpha value is 0.130.